The minimum absolute atomic E-state index is 0.0119. The number of carboxylic acids is 1. The highest BCUT2D eigenvalue weighted by atomic mass is 32.2. The van der Waals surface area contributed by atoms with E-state index in [1.807, 2.05) is 0 Å². The number of sulfone groups is 1. The zero-order valence-electron chi connectivity index (χ0n) is 9.53. The third-order valence-corrected chi connectivity index (χ3v) is 4.00. The van der Waals surface area contributed by atoms with Crippen LogP contribution < -0.4 is 5.32 Å². The van der Waals surface area contributed by atoms with Gasteiger partial charge in [-0.2, -0.15) is 0 Å². The van der Waals surface area contributed by atoms with Crippen molar-refractivity contribution in [3.63, 3.8) is 0 Å². The fraction of sp³-hybridized carbons (Fsp3) is 0.900. The van der Waals surface area contributed by atoms with E-state index in [1.54, 1.807) is 0 Å². The summed E-state index contributed by atoms with van der Waals surface area (Å²) in [6, 6.07) is 0. The van der Waals surface area contributed by atoms with Crippen molar-refractivity contribution in [2.75, 3.05) is 18.6 Å². The first-order valence-electron chi connectivity index (χ1n) is 5.52. The number of rotatable bonds is 5. The predicted molar refractivity (Wildman–Crippen MR) is 61.2 cm³/mol. The Hall–Kier alpha value is -0.620. The number of carboxylic acid groups (broad SMARTS) is 1. The molecule has 0 spiro atoms. The normalized spacial score (nSPS) is 20.6. The lowest BCUT2D eigenvalue weighted by Crippen LogP contribution is -2.54. The van der Waals surface area contributed by atoms with Crippen LogP contribution in [0.3, 0.4) is 0 Å². The minimum atomic E-state index is -3.03. The Morgan fingerprint density at radius 3 is 2.31 bits per heavy atom. The first kappa shape index (κ1) is 13.4. The van der Waals surface area contributed by atoms with Gasteiger partial charge in [-0.25, -0.2) is 8.42 Å². The van der Waals surface area contributed by atoms with Gasteiger partial charge in [-0.05, 0) is 12.8 Å². The molecule has 1 saturated carbocycles. The molecule has 0 aromatic heterocycles. The van der Waals surface area contributed by atoms with E-state index in [0.29, 0.717) is 12.8 Å². The molecule has 16 heavy (non-hydrogen) atoms. The van der Waals surface area contributed by atoms with Crippen molar-refractivity contribution in [3.05, 3.63) is 0 Å². The SMILES string of the molecule is CS(=O)(=O)CCNC1(C(=O)O)CCCCC1. The van der Waals surface area contributed by atoms with Crippen molar-refractivity contribution < 1.29 is 18.3 Å². The molecule has 0 aliphatic heterocycles. The maximum atomic E-state index is 11.2. The van der Waals surface area contributed by atoms with Gasteiger partial charge in [0.25, 0.3) is 0 Å². The van der Waals surface area contributed by atoms with Crippen LogP contribution in [0, 0.1) is 0 Å². The van der Waals surface area contributed by atoms with Gasteiger partial charge in [0.1, 0.15) is 15.4 Å². The number of aliphatic carboxylic acids is 1. The lowest BCUT2D eigenvalue weighted by atomic mass is 9.82. The molecule has 0 unspecified atom stereocenters. The molecule has 1 aliphatic rings. The molecule has 0 radical (unpaired) electrons. The van der Waals surface area contributed by atoms with Gasteiger partial charge in [0.05, 0.1) is 5.75 Å². The molecule has 1 fully saturated rings. The summed E-state index contributed by atoms with van der Waals surface area (Å²) < 4.78 is 21.9. The molecule has 6 heteroatoms. The Balaban J connectivity index is 2.55. The van der Waals surface area contributed by atoms with Gasteiger partial charge in [0.15, 0.2) is 0 Å². The van der Waals surface area contributed by atoms with Gasteiger partial charge < -0.3 is 10.4 Å². The summed E-state index contributed by atoms with van der Waals surface area (Å²) in [5.41, 5.74) is -0.900. The number of hydrogen-bond donors (Lipinski definition) is 2. The largest absolute Gasteiger partial charge is 0.480 e. The van der Waals surface area contributed by atoms with Crippen LogP contribution in [-0.2, 0) is 14.6 Å². The predicted octanol–water partition coefficient (Wildman–Crippen LogP) is 0.408. The summed E-state index contributed by atoms with van der Waals surface area (Å²) in [6.45, 7) is 0.213. The second-order valence-electron chi connectivity index (χ2n) is 4.50. The molecule has 0 saturated heterocycles. The van der Waals surface area contributed by atoms with E-state index in [4.69, 9.17) is 0 Å². The summed E-state index contributed by atoms with van der Waals surface area (Å²) in [5, 5.41) is 12.1. The van der Waals surface area contributed by atoms with Gasteiger partial charge >= 0.3 is 5.97 Å². The molecule has 94 valence electrons. The van der Waals surface area contributed by atoms with Crippen LogP contribution in [0.4, 0.5) is 0 Å². The van der Waals surface area contributed by atoms with Crippen molar-refractivity contribution >= 4 is 15.8 Å². The standard InChI is InChI=1S/C10H19NO4S/c1-16(14,15)8-7-11-10(9(12)13)5-3-2-4-6-10/h11H,2-8H2,1H3,(H,12,13). The third kappa shape index (κ3) is 3.75. The van der Waals surface area contributed by atoms with Crippen LogP contribution in [0.5, 0.6) is 0 Å². The Kier molecular flexibility index (Phi) is 4.32. The number of hydrogen-bond acceptors (Lipinski definition) is 4. The van der Waals surface area contributed by atoms with Crippen LogP contribution in [0.15, 0.2) is 0 Å². The zero-order valence-corrected chi connectivity index (χ0v) is 10.3. The highest BCUT2D eigenvalue weighted by Gasteiger charge is 2.38. The summed E-state index contributed by atoms with van der Waals surface area (Å²) in [4.78, 5) is 11.2. The summed E-state index contributed by atoms with van der Waals surface area (Å²) in [5.74, 6) is -0.872. The van der Waals surface area contributed by atoms with Gasteiger partial charge in [-0.3, -0.25) is 4.79 Å². The molecule has 0 heterocycles. The second kappa shape index (κ2) is 5.14. The zero-order chi connectivity index (χ0) is 12.2. The van der Waals surface area contributed by atoms with Crippen molar-refractivity contribution in [2.24, 2.45) is 0 Å². The Morgan fingerprint density at radius 2 is 1.88 bits per heavy atom. The molecular weight excluding hydrogens is 230 g/mol. The molecule has 0 aromatic rings. The van der Waals surface area contributed by atoms with Crippen LogP contribution in [0.1, 0.15) is 32.1 Å². The van der Waals surface area contributed by atoms with E-state index >= 15 is 0 Å². The molecule has 0 atom stereocenters. The highest BCUT2D eigenvalue weighted by Crippen LogP contribution is 2.28. The first-order chi connectivity index (χ1) is 7.36. The van der Waals surface area contributed by atoms with Crippen molar-refractivity contribution in [3.8, 4) is 0 Å². The van der Waals surface area contributed by atoms with E-state index < -0.39 is 21.3 Å². The Bertz CT molecular complexity index is 344. The molecule has 5 nitrogen and oxygen atoms in total. The maximum absolute atomic E-state index is 11.2. The Labute approximate surface area is 96.1 Å². The van der Waals surface area contributed by atoms with Gasteiger partial charge in [-0.15, -0.1) is 0 Å². The van der Waals surface area contributed by atoms with Crippen molar-refractivity contribution in [2.45, 2.75) is 37.6 Å². The van der Waals surface area contributed by atoms with Crippen molar-refractivity contribution in [1.82, 2.24) is 5.32 Å². The monoisotopic (exact) mass is 249 g/mol. The van der Waals surface area contributed by atoms with Crippen molar-refractivity contribution in [1.29, 1.82) is 0 Å². The molecule has 1 rings (SSSR count). The van der Waals surface area contributed by atoms with Gasteiger partial charge in [-0.1, -0.05) is 19.3 Å². The molecule has 2 N–H and O–H groups in total. The van der Waals surface area contributed by atoms with E-state index in [-0.39, 0.29) is 12.3 Å². The van der Waals surface area contributed by atoms with E-state index in [2.05, 4.69) is 5.32 Å². The minimum Gasteiger partial charge on any atom is -0.480 e. The maximum Gasteiger partial charge on any atom is 0.323 e. The van der Waals surface area contributed by atoms with Crippen LogP contribution >= 0.6 is 0 Å². The fourth-order valence-electron chi connectivity index (χ4n) is 2.10. The summed E-state index contributed by atoms with van der Waals surface area (Å²) in [7, 11) is -3.03. The quantitative estimate of drug-likeness (QED) is 0.737. The molecule has 0 amide bonds. The van der Waals surface area contributed by atoms with Crippen LogP contribution in [0.25, 0.3) is 0 Å². The summed E-state index contributed by atoms with van der Waals surface area (Å²) >= 11 is 0. The van der Waals surface area contributed by atoms with E-state index in [1.165, 1.54) is 0 Å². The lowest BCUT2D eigenvalue weighted by Gasteiger charge is -2.34. The molecule has 1 aliphatic carbocycles. The fourth-order valence-corrected chi connectivity index (χ4v) is 2.57. The van der Waals surface area contributed by atoms with E-state index in [0.717, 1.165) is 25.5 Å². The number of nitrogens with one attached hydrogen (secondary N) is 1. The van der Waals surface area contributed by atoms with Crippen LogP contribution in [-0.4, -0.2) is 43.6 Å². The van der Waals surface area contributed by atoms with E-state index in [9.17, 15) is 18.3 Å². The topological polar surface area (TPSA) is 83.5 Å². The third-order valence-electron chi connectivity index (χ3n) is 3.05. The van der Waals surface area contributed by atoms with Gasteiger partial charge in [0, 0.05) is 12.8 Å². The second-order valence-corrected chi connectivity index (χ2v) is 6.76. The molecule has 0 aromatic carbocycles. The molecule has 0 bridgehead atoms. The first-order valence-corrected chi connectivity index (χ1v) is 7.58. The van der Waals surface area contributed by atoms with Gasteiger partial charge in [0.2, 0.25) is 0 Å². The Morgan fingerprint density at radius 1 is 1.31 bits per heavy atom. The smallest absolute Gasteiger partial charge is 0.323 e. The van der Waals surface area contributed by atoms with Crippen LogP contribution in [0.2, 0.25) is 0 Å². The lowest BCUT2D eigenvalue weighted by molar-refractivity contribution is -0.146. The number of carbonyl (C=O) groups is 1. The average molecular weight is 249 g/mol. The average Bonchev–Trinajstić information content (AvgIpc) is 2.17. The summed E-state index contributed by atoms with van der Waals surface area (Å²) in [6.07, 6.45) is 5.17. The molecular formula is C10H19NO4S. The highest BCUT2D eigenvalue weighted by molar-refractivity contribution is 7.90.